The first-order valence-electron chi connectivity index (χ1n) is 9.82. The van der Waals surface area contributed by atoms with Crippen molar-refractivity contribution >= 4 is 0 Å². The molecule has 142 valence electrons. The van der Waals surface area contributed by atoms with Crippen LogP contribution in [0.4, 0.5) is 0 Å². The Labute approximate surface area is 155 Å². The summed E-state index contributed by atoms with van der Waals surface area (Å²) in [7, 11) is 1.69. The van der Waals surface area contributed by atoms with E-state index in [1.165, 1.54) is 38.3 Å². The number of tetrazole rings is 1. The van der Waals surface area contributed by atoms with Gasteiger partial charge in [0.2, 0.25) is 5.82 Å². The molecule has 1 atom stereocenters. The van der Waals surface area contributed by atoms with E-state index in [0.717, 1.165) is 24.4 Å². The largest absolute Gasteiger partial charge is 0.497 e. The van der Waals surface area contributed by atoms with Gasteiger partial charge in [-0.25, -0.2) is 4.68 Å². The van der Waals surface area contributed by atoms with Crippen molar-refractivity contribution < 1.29 is 14.5 Å². The highest BCUT2D eigenvalue weighted by Gasteiger charge is 2.33. The first kappa shape index (κ1) is 18.8. The number of quaternary nitrogens is 2. The van der Waals surface area contributed by atoms with Gasteiger partial charge in [-0.1, -0.05) is 25.5 Å². The van der Waals surface area contributed by atoms with Gasteiger partial charge < -0.3 is 14.5 Å². The van der Waals surface area contributed by atoms with Crippen molar-refractivity contribution in [2.24, 2.45) is 0 Å². The average molecular weight is 361 g/mol. The number of aromatic nitrogens is 4. The van der Waals surface area contributed by atoms with E-state index in [2.05, 4.69) is 41.5 Å². The Morgan fingerprint density at radius 2 is 1.85 bits per heavy atom. The summed E-state index contributed by atoms with van der Waals surface area (Å²) in [6.07, 6.45) is 2.27. The predicted molar refractivity (Wildman–Crippen MR) is 99.5 cm³/mol. The summed E-state index contributed by atoms with van der Waals surface area (Å²) < 4.78 is 7.22. The van der Waals surface area contributed by atoms with Gasteiger partial charge in [-0.15, -0.1) is 5.10 Å². The van der Waals surface area contributed by atoms with Crippen molar-refractivity contribution in [3.63, 3.8) is 0 Å². The molecule has 1 aromatic carbocycles. The van der Waals surface area contributed by atoms with Crippen LogP contribution in [0.2, 0.25) is 0 Å². The quantitative estimate of drug-likeness (QED) is 0.658. The molecule has 0 radical (unpaired) electrons. The van der Waals surface area contributed by atoms with Crippen LogP contribution < -0.4 is 14.5 Å². The number of piperazine rings is 1. The molecule has 1 aliphatic rings. The lowest BCUT2D eigenvalue weighted by Crippen LogP contribution is -3.28. The smallest absolute Gasteiger partial charge is 0.209 e. The molecule has 3 rings (SSSR count). The Balaban J connectivity index is 1.74. The van der Waals surface area contributed by atoms with Crippen LogP contribution in [0.15, 0.2) is 24.3 Å². The number of benzene rings is 1. The van der Waals surface area contributed by atoms with Gasteiger partial charge in [0.15, 0.2) is 0 Å². The fraction of sp³-hybridized carbons (Fsp3) is 0.632. The van der Waals surface area contributed by atoms with Crippen molar-refractivity contribution in [2.45, 2.75) is 39.3 Å². The highest BCUT2D eigenvalue weighted by Crippen LogP contribution is 2.16. The molecule has 26 heavy (non-hydrogen) atoms. The molecule has 7 nitrogen and oxygen atoms in total. The number of rotatable bonds is 8. The third kappa shape index (κ3) is 4.40. The van der Waals surface area contributed by atoms with Gasteiger partial charge in [0, 0.05) is 6.42 Å². The van der Waals surface area contributed by atoms with Crippen molar-refractivity contribution in [3.8, 4) is 5.75 Å². The number of nitrogens with zero attached hydrogens (tertiary/aromatic N) is 4. The highest BCUT2D eigenvalue weighted by atomic mass is 16.5. The molecule has 0 aliphatic carbocycles. The fourth-order valence-corrected chi connectivity index (χ4v) is 3.91. The van der Waals surface area contributed by atoms with Crippen LogP contribution in [0.3, 0.4) is 0 Å². The summed E-state index contributed by atoms with van der Waals surface area (Å²) in [4.78, 5) is 3.34. The Morgan fingerprint density at radius 3 is 2.46 bits per heavy atom. The van der Waals surface area contributed by atoms with Gasteiger partial charge >= 0.3 is 0 Å². The van der Waals surface area contributed by atoms with Crippen molar-refractivity contribution in [1.82, 2.24) is 20.2 Å². The van der Waals surface area contributed by atoms with Crippen molar-refractivity contribution in [3.05, 3.63) is 35.7 Å². The normalized spacial score (nSPS) is 21.5. The second-order valence-electron chi connectivity index (χ2n) is 7.15. The predicted octanol–water partition coefficient (Wildman–Crippen LogP) is -0.625. The molecular formula is C19H32N6O+2. The lowest BCUT2D eigenvalue weighted by Gasteiger charge is -2.33. The second kappa shape index (κ2) is 9.09. The maximum atomic E-state index is 5.24. The van der Waals surface area contributed by atoms with Gasteiger partial charge in [0.05, 0.1) is 20.2 Å². The summed E-state index contributed by atoms with van der Waals surface area (Å²) in [5, 5.41) is 12.7. The zero-order valence-electron chi connectivity index (χ0n) is 16.2. The molecule has 7 heteroatoms. The third-order valence-electron chi connectivity index (χ3n) is 5.53. The molecular weight excluding hydrogens is 328 g/mol. The third-order valence-corrected chi connectivity index (χ3v) is 5.53. The molecule has 2 aromatic rings. The first-order chi connectivity index (χ1) is 12.7. The van der Waals surface area contributed by atoms with E-state index in [1.54, 1.807) is 16.9 Å². The summed E-state index contributed by atoms with van der Waals surface area (Å²) in [5.74, 6) is 1.90. The first-order valence-corrected chi connectivity index (χ1v) is 9.82. The molecule has 0 unspecified atom stereocenters. The van der Waals surface area contributed by atoms with Crippen LogP contribution in [0.5, 0.6) is 5.75 Å². The lowest BCUT2D eigenvalue weighted by atomic mass is 10.1. The van der Waals surface area contributed by atoms with Crippen LogP contribution in [-0.4, -0.2) is 60.0 Å². The minimum atomic E-state index is 0.381. The zero-order valence-corrected chi connectivity index (χ0v) is 16.2. The number of ether oxygens (including phenoxy) is 1. The molecule has 1 aliphatic heterocycles. The number of hydrogen-bond acceptors (Lipinski definition) is 4. The maximum Gasteiger partial charge on any atom is 0.209 e. The Hall–Kier alpha value is -1.99. The van der Waals surface area contributed by atoms with Gasteiger partial charge in [-0.3, -0.25) is 0 Å². The monoisotopic (exact) mass is 360 g/mol. The standard InChI is InChI=1S/C19H30N6O/c1-4-6-18(24-13-11-23(5-2)12-14-24)19-20-21-22-25(19)15-16-7-9-17(26-3)10-8-16/h7-10,18H,4-6,11-15H2,1-3H3/p+2/t18-/m0/s1. The molecule has 0 saturated carbocycles. The summed E-state index contributed by atoms with van der Waals surface area (Å²) >= 11 is 0. The molecule has 0 spiro atoms. The number of likely N-dealkylation sites (N-methyl/N-ethyl adjacent to an activating group) is 1. The van der Waals surface area contributed by atoms with Crippen LogP contribution in [0, 0.1) is 0 Å². The van der Waals surface area contributed by atoms with Gasteiger partial charge in [-0.05, 0) is 35.0 Å². The number of methoxy groups -OCH3 is 1. The highest BCUT2D eigenvalue weighted by molar-refractivity contribution is 5.27. The number of nitrogens with one attached hydrogen (secondary N) is 2. The van der Waals surface area contributed by atoms with E-state index in [1.807, 2.05) is 16.8 Å². The minimum absolute atomic E-state index is 0.381. The van der Waals surface area contributed by atoms with Gasteiger partial charge in [0.25, 0.3) is 0 Å². The molecule has 1 aromatic heterocycles. The van der Waals surface area contributed by atoms with Crippen molar-refractivity contribution in [2.75, 3.05) is 39.8 Å². The molecule has 1 fully saturated rings. The van der Waals surface area contributed by atoms with Crippen LogP contribution in [0.25, 0.3) is 0 Å². The Morgan fingerprint density at radius 1 is 1.12 bits per heavy atom. The maximum absolute atomic E-state index is 5.24. The molecule has 0 amide bonds. The fourth-order valence-electron chi connectivity index (χ4n) is 3.91. The lowest BCUT2D eigenvalue weighted by molar-refractivity contribution is -1.03. The van der Waals surface area contributed by atoms with Crippen LogP contribution >= 0.6 is 0 Å². The average Bonchev–Trinajstić information content (AvgIpc) is 3.14. The van der Waals surface area contributed by atoms with E-state index in [4.69, 9.17) is 4.74 Å². The van der Waals surface area contributed by atoms with Crippen LogP contribution in [0.1, 0.15) is 44.1 Å². The Bertz CT molecular complexity index is 663. The minimum Gasteiger partial charge on any atom is -0.497 e. The zero-order chi connectivity index (χ0) is 18.4. The summed E-state index contributed by atoms with van der Waals surface area (Å²) in [6.45, 7) is 11.3. The number of hydrogen-bond donors (Lipinski definition) is 2. The topological polar surface area (TPSA) is 61.7 Å². The summed E-state index contributed by atoms with van der Waals surface area (Å²) in [5.41, 5.74) is 1.19. The molecule has 0 bridgehead atoms. The van der Waals surface area contributed by atoms with E-state index < -0.39 is 0 Å². The van der Waals surface area contributed by atoms with Crippen molar-refractivity contribution in [1.29, 1.82) is 0 Å². The molecule has 2 heterocycles. The van der Waals surface area contributed by atoms with E-state index in [-0.39, 0.29) is 0 Å². The molecule has 2 N–H and O–H groups in total. The van der Waals surface area contributed by atoms with Gasteiger partial charge in [0.1, 0.15) is 38.0 Å². The van der Waals surface area contributed by atoms with Crippen LogP contribution in [-0.2, 0) is 6.54 Å². The summed E-state index contributed by atoms with van der Waals surface area (Å²) in [6, 6.07) is 8.51. The Kier molecular flexibility index (Phi) is 6.57. The second-order valence-corrected chi connectivity index (χ2v) is 7.15. The van der Waals surface area contributed by atoms with E-state index >= 15 is 0 Å². The van der Waals surface area contributed by atoms with Gasteiger partial charge in [-0.2, -0.15) is 0 Å². The molecule has 1 saturated heterocycles. The van der Waals surface area contributed by atoms with E-state index in [0.29, 0.717) is 12.6 Å². The SMILES string of the molecule is CCC[C@@H](c1nnnn1Cc1ccc(OC)cc1)[NH+]1CC[NH+](CC)CC1. The van der Waals surface area contributed by atoms with E-state index in [9.17, 15) is 0 Å².